The molecule has 0 bridgehead atoms. The van der Waals surface area contributed by atoms with Crippen molar-refractivity contribution < 1.29 is 9.90 Å². The smallest absolute Gasteiger partial charge is 0.338 e. The van der Waals surface area contributed by atoms with Crippen molar-refractivity contribution in [3.63, 3.8) is 0 Å². The monoisotopic (exact) mass is 177 g/mol. The van der Waals surface area contributed by atoms with E-state index in [4.69, 9.17) is 5.11 Å². The molecule has 3 nitrogen and oxygen atoms in total. The van der Waals surface area contributed by atoms with Crippen LogP contribution in [0.2, 0.25) is 0 Å². The van der Waals surface area contributed by atoms with Crippen molar-refractivity contribution >= 4 is 11.7 Å². The first-order chi connectivity index (χ1) is 6.20. The lowest BCUT2D eigenvalue weighted by atomic mass is 10.0. The van der Waals surface area contributed by atoms with Crippen LogP contribution in [0, 0.1) is 6.92 Å². The van der Waals surface area contributed by atoms with E-state index in [-0.39, 0.29) is 0 Å². The van der Waals surface area contributed by atoms with Gasteiger partial charge in [0, 0.05) is 6.54 Å². The molecule has 2 N–H and O–H groups in total. The van der Waals surface area contributed by atoms with Crippen LogP contribution in [-0.4, -0.2) is 17.6 Å². The minimum absolute atomic E-state index is 0.426. The third-order valence-corrected chi connectivity index (χ3v) is 2.41. The third-order valence-electron chi connectivity index (χ3n) is 2.41. The molecule has 1 aromatic rings. The maximum Gasteiger partial charge on any atom is 0.338 e. The van der Waals surface area contributed by atoms with E-state index in [0.29, 0.717) is 5.56 Å². The molecule has 0 saturated carbocycles. The van der Waals surface area contributed by atoms with Gasteiger partial charge in [0.2, 0.25) is 0 Å². The van der Waals surface area contributed by atoms with E-state index in [2.05, 4.69) is 5.32 Å². The Morgan fingerprint density at radius 3 is 3.00 bits per heavy atom. The average molecular weight is 177 g/mol. The summed E-state index contributed by atoms with van der Waals surface area (Å²) in [5.74, 6) is -0.844. The standard InChI is InChI=1S/C10H11NO2/c1-6-2-3-7-4-5-11-9(7)8(6)10(12)13/h2-3,11H,4-5H2,1H3,(H,12,13). The molecule has 1 aliphatic heterocycles. The largest absolute Gasteiger partial charge is 0.478 e. The normalized spacial score (nSPS) is 13.6. The number of carbonyl (C=O) groups is 1. The van der Waals surface area contributed by atoms with Crippen molar-refractivity contribution in [1.29, 1.82) is 0 Å². The van der Waals surface area contributed by atoms with Crippen LogP contribution in [0.15, 0.2) is 12.1 Å². The van der Waals surface area contributed by atoms with Gasteiger partial charge in [-0.15, -0.1) is 0 Å². The maximum atomic E-state index is 10.9. The van der Waals surface area contributed by atoms with Crippen LogP contribution in [0.5, 0.6) is 0 Å². The summed E-state index contributed by atoms with van der Waals surface area (Å²) in [5, 5.41) is 12.1. The number of rotatable bonds is 1. The van der Waals surface area contributed by atoms with Crippen LogP contribution in [0.3, 0.4) is 0 Å². The average Bonchev–Trinajstić information content (AvgIpc) is 2.50. The number of anilines is 1. The van der Waals surface area contributed by atoms with Crippen molar-refractivity contribution in [2.75, 3.05) is 11.9 Å². The minimum atomic E-state index is -0.844. The number of carboxylic acid groups (broad SMARTS) is 1. The summed E-state index contributed by atoms with van der Waals surface area (Å²) >= 11 is 0. The molecule has 0 saturated heterocycles. The Bertz CT molecular complexity index is 371. The number of hydrogen-bond donors (Lipinski definition) is 2. The van der Waals surface area contributed by atoms with Gasteiger partial charge in [-0.1, -0.05) is 12.1 Å². The van der Waals surface area contributed by atoms with E-state index >= 15 is 0 Å². The van der Waals surface area contributed by atoms with Gasteiger partial charge in [0.15, 0.2) is 0 Å². The zero-order valence-corrected chi connectivity index (χ0v) is 7.42. The Balaban J connectivity index is 2.65. The van der Waals surface area contributed by atoms with E-state index < -0.39 is 5.97 Å². The molecule has 13 heavy (non-hydrogen) atoms. The SMILES string of the molecule is Cc1ccc2c(c1C(=O)O)NCC2. The molecule has 0 fully saturated rings. The third kappa shape index (κ3) is 1.16. The first kappa shape index (κ1) is 8.10. The maximum absolute atomic E-state index is 10.9. The number of fused-ring (bicyclic) bond motifs is 1. The van der Waals surface area contributed by atoms with Crippen LogP contribution in [0.25, 0.3) is 0 Å². The van der Waals surface area contributed by atoms with Crippen molar-refractivity contribution in [2.45, 2.75) is 13.3 Å². The van der Waals surface area contributed by atoms with E-state index in [9.17, 15) is 4.79 Å². The molecule has 1 aromatic carbocycles. The van der Waals surface area contributed by atoms with Gasteiger partial charge in [0.1, 0.15) is 0 Å². The summed E-state index contributed by atoms with van der Waals surface area (Å²) in [6, 6.07) is 3.87. The molecule has 3 heteroatoms. The molecular formula is C10H11NO2. The first-order valence-electron chi connectivity index (χ1n) is 4.30. The summed E-state index contributed by atoms with van der Waals surface area (Å²) in [6.45, 7) is 2.67. The fraction of sp³-hybridized carbons (Fsp3) is 0.300. The van der Waals surface area contributed by atoms with Crippen LogP contribution in [-0.2, 0) is 6.42 Å². The van der Waals surface area contributed by atoms with Crippen LogP contribution in [0.4, 0.5) is 5.69 Å². The number of aryl methyl sites for hydroxylation is 1. The Morgan fingerprint density at radius 1 is 1.54 bits per heavy atom. The predicted molar refractivity (Wildman–Crippen MR) is 50.3 cm³/mol. The molecule has 0 radical (unpaired) electrons. The van der Waals surface area contributed by atoms with Gasteiger partial charge >= 0.3 is 5.97 Å². The molecule has 0 atom stereocenters. The highest BCUT2D eigenvalue weighted by molar-refractivity contribution is 5.97. The van der Waals surface area contributed by atoms with Crippen LogP contribution in [0.1, 0.15) is 21.5 Å². The van der Waals surface area contributed by atoms with Crippen LogP contribution >= 0.6 is 0 Å². The fourth-order valence-corrected chi connectivity index (χ4v) is 1.76. The molecule has 0 aliphatic carbocycles. The van der Waals surface area contributed by atoms with Gasteiger partial charge in [-0.2, -0.15) is 0 Å². The van der Waals surface area contributed by atoms with E-state index in [1.807, 2.05) is 19.1 Å². The van der Waals surface area contributed by atoms with Gasteiger partial charge in [-0.05, 0) is 24.5 Å². The summed E-state index contributed by atoms with van der Waals surface area (Å²) in [4.78, 5) is 10.9. The lowest BCUT2D eigenvalue weighted by Gasteiger charge is -2.07. The zero-order chi connectivity index (χ0) is 9.42. The summed E-state index contributed by atoms with van der Waals surface area (Å²) in [5.41, 5.74) is 3.17. The Morgan fingerprint density at radius 2 is 2.31 bits per heavy atom. The minimum Gasteiger partial charge on any atom is -0.478 e. The number of benzene rings is 1. The Labute approximate surface area is 76.4 Å². The molecule has 0 spiro atoms. The quantitative estimate of drug-likeness (QED) is 0.685. The topological polar surface area (TPSA) is 49.3 Å². The number of nitrogens with one attached hydrogen (secondary N) is 1. The van der Waals surface area contributed by atoms with Crippen molar-refractivity contribution in [2.24, 2.45) is 0 Å². The van der Waals surface area contributed by atoms with Crippen LogP contribution < -0.4 is 5.32 Å². The lowest BCUT2D eigenvalue weighted by Crippen LogP contribution is -2.04. The molecular weight excluding hydrogens is 166 g/mol. The number of hydrogen-bond acceptors (Lipinski definition) is 2. The summed E-state index contributed by atoms with van der Waals surface area (Å²) in [7, 11) is 0. The second-order valence-electron chi connectivity index (χ2n) is 3.27. The van der Waals surface area contributed by atoms with E-state index in [1.165, 1.54) is 0 Å². The van der Waals surface area contributed by atoms with Gasteiger partial charge in [-0.3, -0.25) is 0 Å². The fourth-order valence-electron chi connectivity index (χ4n) is 1.76. The van der Waals surface area contributed by atoms with Crippen molar-refractivity contribution in [3.8, 4) is 0 Å². The molecule has 0 aromatic heterocycles. The Hall–Kier alpha value is -1.51. The highest BCUT2D eigenvalue weighted by Crippen LogP contribution is 2.28. The highest BCUT2D eigenvalue weighted by atomic mass is 16.4. The number of aromatic carboxylic acids is 1. The molecule has 68 valence electrons. The molecule has 0 amide bonds. The highest BCUT2D eigenvalue weighted by Gasteiger charge is 2.19. The zero-order valence-electron chi connectivity index (χ0n) is 7.42. The van der Waals surface area contributed by atoms with Gasteiger partial charge in [-0.25, -0.2) is 4.79 Å². The predicted octanol–water partition coefficient (Wildman–Crippen LogP) is 1.66. The first-order valence-corrected chi connectivity index (χ1v) is 4.30. The van der Waals surface area contributed by atoms with Crippen molar-refractivity contribution in [1.82, 2.24) is 0 Å². The van der Waals surface area contributed by atoms with Crippen molar-refractivity contribution in [3.05, 3.63) is 28.8 Å². The van der Waals surface area contributed by atoms with Gasteiger partial charge < -0.3 is 10.4 Å². The Kier molecular flexibility index (Phi) is 1.72. The summed E-state index contributed by atoms with van der Waals surface area (Å²) in [6.07, 6.45) is 0.926. The molecule has 0 unspecified atom stereocenters. The molecule has 1 aliphatic rings. The van der Waals surface area contributed by atoms with Gasteiger partial charge in [0.05, 0.1) is 11.3 Å². The second-order valence-corrected chi connectivity index (χ2v) is 3.27. The van der Waals surface area contributed by atoms with E-state index in [1.54, 1.807) is 0 Å². The van der Waals surface area contributed by atoms with E-state index in [0.717, 1.165) is 29.8 Å². The lowest BCUT2D eigenvalue weighted by molar-refractivity contribution is 0.0697. The molecule has 2 rings (SSSR count). The number of carboxylic acids is 1. The summed E-state index contributed by atoms with van der Waals surface area (Å²) < 4.78 is 0. The molecule has 1 heterocycles. The second kappa shape index (κ2) is 2.76. The van der Waals surface area contributed by atoms with Gasteiger partial charge in [0.25, 0.3) is 0 Å².